The molecule has 2 aromatic carbocycles. The van der Waals surface area contributed by atoms with E-state index in [1.807, 2.05) is 50.4 Å². The van der Waals surface area contributed by atoms with Crippen molar-refractivity contribution >= 4 is 46.5 Å². The Hall–Kier alpha value is -4.17. The van der Waals surface area contributed by atoms with Gasteiger partial charge in [-0.15, -0.1) is 11.3 Å². The maximum Gasteiger partial charge on any atom is 0.326 e. The average Bonchev–Trinajstić information content (AvgIpc) is 3.48. The molecule has 232 valence electrons. The minimum absolute atomic E-state index is 0.0129. The molecule has 4 aromatic rings. The van der Waals surface area contributed by atoms with E-state index in [9.17, 15) is 20.4 Å². The molecule has 5 N–H and O–H groups in total. The van der Waals surface area contributed by atoms with Crippen LogP contribution in [0, 0.1) is 22.7 Å². The standard InChI is InChI=1S/C32H31ClN6O4S2/c1-31(2,3)43-18-32(37,30(40)41)12-13-42-23-10-6-19(7-11-23)26-24(14-34)27(36)39-29(25(26)15-35)45-17-22-16-44-28(38-22)20-4-8-21(33)9-5-20/h4-11,16H,12-13,17-18,37H2,1-3H3,(H2,36,39)(H,40,41)/t32-/m0/s1. The quantitative estimate of drug-likeness (QED) is 0.141. The molecule has 45 heavy (non-hydrogen) atoms. The lowest BCUT2D eigenvalue weighted by atomic mass is 9.96. The zero-order valence-electron chi connectivity index (χ0n) is 24.8. The molecule has 0 fully saturated rings. The number of ether oxygens (including phenoxy) is 2. The molecular formula is C32H31ClN6O4S2. The summed E-state index contributed by atoms with van der Waals surface area (Å²) in [5.41, 5.74) is 13.2. The van der Waals surface area contributed by atoms with Crippen LogP contribution in [0.2, 0.25) is 5.02 Å². The summed E-state index contributed by atoms with van der Waals surface area (Å²) in [7, 11) is 0. The van der Waals surface area contributed by atoms with Crippen molar-refractivity contribution in [3.05, 3.63) is 75.8 Å². The molecular weight excluding hydrogens is 632 g/mol. The molecule has 0 aliphatic heterocycles. The van der Waals surface area contributed by atoms with E-state index < -0.39 is 17.1 Å². The van der Waals surface area contributed by atoms with Crippen molar-refractivity contribution in [2.24, 2.45) is 5.73 Å². The summed E-state index contributed by atoms with van der Waals surface area (Å²) in [6, 6.07) is 18.5. The zero-order valence-corrected chi connectivity index (χ0v) is 27.2. The number of thiazole rings is 1. The van der Waals surface area contributed by atoms with Crippen LogP contribution in [0.25, 0.3) is 21.7 Å². The number of pyridine rings is 1. The molecule has 1 atom stereocenters. The first kappa shape index (κ1) is 33.7. The number of nitrogens with zero attached hydrogens (tertiary/aromatic N) is 4. The number of aromatic nitrogens is 2. The fourth-order valence-electron chi connectivity index (χ4n) is 4.09. The van der Waals surface area contributed by atoms with Crippen LogP contribution in [0.5, 0.6) is 5.75 Å². The third-order valence-corrected chi connectivity index (χ3v) is 8.76. The Morgan fingerprint density at radius 1 is 1.04 bits per heavy atom. The maximum absolute atomic E-state index is 11.8. The number of carbonyl (C=O) groups is 1. The minimum atomic E-state index is -1.62. The molecule has 0 aliphatic carbocycles. The molecule has 13 heteroatoms. The van der Waals surface area contributed by atoms with E-state index in [1.54, 1.807) is 24.3 Å². The molecule has 0 radical (unpaired) electrons. The van der Waals surface area contributed by atoms with Gasteiger partial charge in [-0.05, 0) is 50.6 Å². The normalized spacial score (nSPS) is 12.6. The number of nitrogens with two attached hydrogens (primary N) is 2. The number of carboxylic acids is 1. The van der Waals surface area contributed by atoms with Crippen molar-refractivity contribution in [1.29, 1.82) is 10.5 Å². The van der Waals surface area contributed by atoms with Crippen LogP contribution in [0.15, 0.2) is 58.9 Å². The van der Waals surface area contributed by atoms with Gasteiger partial charge in [0.05, 0.1) is 30.1 Å². The van der Waals surface area contributed by atoms with Crippen molar-refractivity contribution in [1.82, 2.24) is 9.97 Å². The van der Waals surface area contributed by atoms with E-state index in [1.165, 1.54) is 23.1 Å². The molecule has 0 saturated heterocycles. The summed E-state index contributed by atoms with van der Waals surface area (Å²) in [5.74, 6) is -0.278. The summed E-state index contributed by atoms with van der Waals surface area (Å²) in [6.07, 6.45) is 0.0129. The Labute approximate surface area is 274 Å². The van der Waals surface area contributed by atoms with E-state index in [-0.39, 0.29) is 36.6 Å². The van der Waals surface area contributed by atoms with Gasteiger partial charge < -0.3 is 26.0 Å². The topological polar surface area (TPSA) is 181 Å². The van der Waals surface area contributed by atoms with Gasteiger partial charge in [0.15, 0.2) is 0 Å². The highest BCUT2D eigenvalue weighted by molar-refractivity contribution is 7.98. The number of halogens is 1. The summed E-state index contributed by atoms with van der Waals surface area (Å²) < 4.78 is 11.4. The summed E-state index contributed by atoms with van der Waals surface area (Å²) in [5, 5.41) is 33.5. The Balaban J connectivity index is 1.50. The van der Waals surface area contributed by atoms with Gasteiger partial charge in [0, 0.05) is 33.7 Å². The van der Waals surface area contributed by atoms with Gasteiger partial charge in [0.25, 0.3) is 0 Å². The van der Waals surface area contributed by atoms with Crippen molar-refractivity contribution in [3.63, 3.8) is 0 Å². The van der Waals surface area contributed by atoms with Crippen LogP contribution in [-0.2, 0) is 15.3 Å². The summed E-state index contributed by atoms with van der Waals surface area (Å²) >= 11 is 8.81. The predicted molar refractivity (Wildman–Crippen MR) is 176 cm³/mol. The number of hydrogen-bond acceptors (Lipinski definition) is 11. The molecule has 0 saturated carbocycles. The molecule has 4 rings (SSSR count). The number of anilines is 1. The van der Waals surface area contributed by atoms with Crippen molar-refractivity contribution in [2.75, 3.05) is 18.9 Å². The molecule has 0 spiro atoms. The van der Waals surface area contributed by atoms with E-state index in [0.29, 0.717) is 32.7 Å². The minimum Gasteiger partial charge on any atom is -0.494 e. The van der Waals surface area contributed by atoms with Crippen molar-refractivity contribution < 1.29 is 19.4 Å². The third kappa shape index (κ3) is 8.51. The third-order valence-electron chi connectivity index (χ3n) is 6.56. The highest BCUT2D eigenvalue weighted by atomic mass is 35.5. The number of rotatable bonds is 12. The zero-order chi connectivity index (χ0) is 32.8. The van der Waals surface area contributed by atoms with Crippen molar-refractivity contribution in [3.8, 4) is 39.6 Å². The van der Waals surface area contributed by atoms with Gasteiger partial charge in [-0.3, -0.25) is 4.79 Å². The number of carboxylic acid groups (broad SMARTS) is 1. The van der Waals surface area contributed by atoms with Gasteiger partial charge >= 0.3 is 5.97 Å². The molecule has 0 amide bonds. The fourth-order valence-corrected chi connectivity index (χ4v) is 6.03. The Kier molecular flexibility index (Phi) is 10.7. The average molecular weight is 663 g/mol. The van der Waals surface area contributed by atoms with Crippen LogP contribution in [0.1, 0.15) is 44.0 Å². The summed E-state index contributed by atoms with van der Waals surface area (Å²) in [4.78, 5) is 20.9. The number of thioether (sulfide) groups is 1. The van der Waals surface area contributed by atoms with E-state index in [4.69, 9.17) is 37.5 Å². The molecule has 0 aliphatic rings. The number of aliphatic carboxylic acids is 1. The van der Waals surface area contributed by atoms with Gasteiger partial charge in [-0.25, -0.2) is 9.97 Å². The largest absolute Gasteiger partial charge is 0.494 e. The first-order valence-electron chi connectivity index (χ1n) is 13.7. The number of benzene rings is 2. The molecule has 0 unspecified atom stereocenters. The molecule has 2 heterocycles. The lowest BCUT2D eigenvalue weighted by molar-refractivity contribution is -0.149. The molecule has 0 bridgehead atoms. The second-order valence-corrected chi connectivity index (χ2v) is 13.3. The van der Waals surface area contributed by atoms with Gasteiger partial charge in [0.2, 0.25) is 0 Å². The van der Waals surface area contributed by atoms with E-state index >= 15 is 0 Å². The smallest absolute Gasteiger partial charge is 0.326 e. The first-order chi connectivity index (χ1) is 21.3. The highest BCUT2D eigenvalue weighted by Gasteiger charge is 2.36. The monoisotopic (exact) mass is 662 g/mol. The fraction of sp³-hybridized carbons (Fsp3) is 0.281. The number of nitrogen functional groups attached to an aromatic ring is 1. The van der Waals surface area contributed by atoms with Gasteiger partial charge in [0.1, 0.15) is 44.8 Å². The van der Waals surface area contributed by atoms with Gasteiger partial charge in [-0.2, -0.15) is 10.5 Å². The second kappa shape index (κ2) is 14.3. The SMILES string of the molecule is CC(C)(C)OC[C@@](N)(CCOc1ccc(-c2c(C#N)c(N)nc(SCc3csc(-c4ccc(Cl)cc4)n3)c2C#N)cc1)C(=O)O. The molecule has 2 aromatic heterocycles. The second-order valence-electron chi connectivity index (χ2n) is 11.1. The van der Waals surface area contributed by atoms with Crippen LogP contribution < -0.4 is 16.2 Å². The van der Waals surface area contributed by atoms with Crippen LogP contribution >= 0.6 is 34.7 Å². The predicted octanol–water partition coefficient (Wildman–Crippen LogP) is 6.51. The van der Waals surface area contributed by atoms with Crippen molar-refractivity contribution in [2.45, 2.75) is 49.1 Å². The van der Waals surface area contributed by atoms with E-state index in [0.717, 1.165) is 16.3 Å². The van der Waals surface area contributed by atoms with Crippen LogP contribution in [-0.4, -0.2) is 45.4 Å². The molecule has 10 nitrogen and oxygen atoms in total. The van der Waals surface area contributed by atoms with Crippen LogP contribution in [0.4, 0.5) is 5.82 Å². The van der Waals surface area contributed by atoms with Gasteiger partial charge in [-0.1, -0.05) is 47.6 Å². The Morgan fingerprint density at radius 2 is 1.69 bits per heavy atom. The first-order valence-corrected chi connectivity index (χ1v) is 15.9. The van der Waals surface area contributed by atoms with E-state index in [2.05, 4.69) is 17.1 Å². The maximum atomic E-state index is 11.8. The summed E-state index contributed by atoms with van der Waals surface area (Å²) in [6.45, 7) is 5.32. The number of hydrogen-bond donors (Lipinski definition) is 3. The van der Waals surface area contributed by atoms with Crippen LogP contribution in [0.3, 0.4) is 0 Å². The lowest BCUT2D eigenvalue weighted by Crippen LogP contribution is -2.54. The number of nitriles is 2. The lowest BCUT2D eigenvalue weighted by Gasteiger charge is -2.29. The Morgan fingerprint density at radius 3 is 2.29 bits per heavy atom. The Bertz CT molecular complexity index is 1760. The highest BCUT2D eigenvalue weighted by Crippen LogP contribution is 2.37.